The maximum Gasteiger partial charge on any atom is 0.160 e. The molecule has 0 N–H and O–H groups in total. The van der Waals surface area contributed by atoms with Crippen LogP contribution in [-0.4, -0.2) is 19.7 Å². The Morgan fingerprint density at radius 3 is 1.25 bits per heavy atom. The summed E-state index contributed by atoms with van der Waals surface area (Å²) in [7, 11) is 0. The summed E-state index contributed by atoms with van der Waals surface area (Å²) in [4.78, 5) is 2.57. The van der Waals surface area contributed by atoms with Crippen LogP contribution in [0.3, 0.4) is 0 Å². The molecule has 588 valence electrons. The summed E-state index contributed by atoms with van der Waals surface area (Å²) in [5.41, 5.74) is 39.3. The van der Waals surface area contributed by atoms with Crippen LogP contribution in [0, 0.1) is 0 Å². The van der Waals surface area contributed by atoms with Gasteiger partial charge < -0.3 is 27.4 Å². The first kappa shape index (κ1) is 71.2. The van der Waals surface area contributed by atoms with E-state index in [2.05, 4.69) is 461 Å². The maximum atomic E-state index is 7.15. The van der Waals surface area contributed by atoms with E-state index in [4.69, 9.17) is 8.83 Å². The Bertz CT molecular complexity index is 8670. The number of anilines is 2. The zero-order valence-corrected chi connectivity index (χ0v) is 68.5. The predicted molar refractivity (Wildman–Crippen MR) is 527 cm³/mol. The number of para-hydroxylation sites is 4. The lowest BCUT2D eigenvalue weighted by atomic mass is 9.89. The SMILES string of the molecule is C1=CCC2C(=C1)c1c(-c3ccc4c(c3)c3ccc(-c5cccc(-c6ccc(-n7c8ccccc8c8c(-c9cccc%10c9c9ccccc9n%10-c9ccc(-c%10ccccc%10-c%10ccccc%10)c%10c9oc9ccccc9%10)cccc87)cc6)c5)cc3n4-c3ccc(-c4ccccc4)cc3)cccc1N2c1ccc(-c2ccccc2-c2ccccc2)c2c1oc1ccccc12. The molecule has 0 spiro atoms. The number of allylic oxidation sites excluding steroid dienone is 2. The van der Waals surface area contributed by atoms with E-state index in [-0.39, 0.29) is 6.04 Å². The summed E-state index contributed by atoms with van der Waals surface area (Å²) in [6, 6.07) is 156. The summed E-state index contributed by atoms with van der Waals surface area (Å²) < 4.78 is 21.6. The molecule has 0 saturated carbocycles. The third-order valence-corrected chi connectivity index (χ3v) is 26.8. The number of aromatic nitrogens is 3. The van der Waals surface area contributed by atoms with Crippen LogP contribution in [-0.2, 0) is 0 Å². The standard InChI is InChI=1S/C120H76N4O2/c1-4-28-75(29-5-1)76-56-62-85(63-57-76)122-105-69-61-83(88-45-25-52-107-114(88)97-41-15-20-49-103(97)123(107)109-70-67-94(117-99-43-17-22-54-112(99)125-119(109)117)89-38-12-10-36-86(89)78-30-6-2-7-31-78)73-101(105)91-66-60-82(74-111(91)122)81-35-24-34-80(72-81)77-58-64-84(65-59-77)121-102-48-19-14-40-96(102)115-92(46-26-51-106(115)121)93-47-27-53-108-116(93)98-42-16-21-50-104(98)124(108)110-71-68-95(118-100-44-18-23-55-113(100)126-120(110)118)90-39-13-11-37-87(90)79-32-8-3-9-33-79/h1-48,50-74,103H,49H2. The minimum absolute atomic E-state index is 0.0506. The average Bonchev–Trinajstić information content (AvgIpc) is 1.55. The number of benzene rings is 19. The van der Waals surface area contributed by atoms with Crippen molar-refractivity contribution in [1.82, 2.24) is 13.7 Å². The molecule has 0 amide bonds. The fourth-order valence-corrected chi connectivity index (χ4v) is 21.3. The Morgan fingerprint density at radius 1 is 0.222 bits per heavy atom. The normalized spacial score (nSPS) is 13.3. The minimum Gasteiger partial charge on any atom is -0.454 e. The third kappa shape index (κ3) is 11.0. The second-order valence-electron chi connectivity index (χ2n) is 33.5. The number of hydrogen-bond acceptors (Lipinski definition) is 3. The summed E-state index contributed by atoms with van der Waals surface area (Å²) in [6.07, 6.45) is 7.77. The number of fused-ring (bicyclic) bond motifs is 18. The van der Waals surface area contributed by atoms with Gasteiger partial charge in [0.15, 0.2) is 11.2 Å². The number of furan rings is 2. The second kappa shape index (κ2) is 28.5. The van der Waals surface area contributed by atoms with E-state index in [9.17, 15) is 0 Å². The average molecular weight is 1610 g/mol. The van der Waals surface area contributed by atoms with E-state index in [1.54, 1.807) is 0 Å². The van der Waals surface area contributed by atoms with Crippen molar-refractivity contribution < 1.29 is 8.83 Å². The molecule has 0 saturated heterocycles. The zero-order chi connectivity index (χ0) is 82.6. The van der Waals surface area contributed by atoms with E-state index < -0.39 is 0 Å². The molecule has 1 atom stereocenters. The molecule has 1 aliphatic carbocycles. The smallest absolute Gasteiger partial charge is 0.160 e. The van der Waals surface area contributed by atoms with Crippen LogP contribution in [0.15, 0.2) is 452 Å². The molecule has 2 aliphatic rings. The molecular weight excluding hydrogens is 1530 g/mol. The van der Waals surface area contributed by atoms with Gasteiger partial charge in [-0.05, 0) is 215 Å². The highest BCUT2D eigenvalue weighted by molar-refractivity contribution is 6.25. The Kier molecular flexibility index (Phi) is 16.1. The molecule has 6 heteroatoms. The summed E-state index contributed by atoms with van der Waals surface area (Å²) in [5, 5.41) is 11.6. The monoisotopic (exact) mass is 1600 g/mol. The Balaban J connectivity index is 0.563. The highest BCUT2D eigenvalue weighted by Crippen LogP contribution is 2.56. The van der Waals surface area contributed by atoms with Gasteiger partial charge in [0, 0.05) is 70.8 Å². The molecule has 0 fully saturated rings. The van der Waals surface area contributed by atoms with Crippen molar-refractivity contribution in [3.63, 3.8) is 0 Å². The van der Waals surface area contributed by atoms with Crippen LogP contribution >= 0.6 is 0 Å². The largest absolute Gasteiger partial charge is 0.454 e. The van der Waals surface area contributed by atoms with Gasteiger partial charge in [-0.1, -0.05) is 340 Å². The molecule has 5 aromatic heterocycles. The van der Waals surface area contributed by atoms with Crippen LogP contribution in [0.2, 0.25) is 0 Å². The van der Waals surface area contributed by atoms with Crippen molar-refractivity contribution in [3.8, 4) is 117 Å². The van der Waals surface area contributed by atoms with Gasteiger partial charge in [0.25, 0.3) is 0 Å². The molecule has 0 bridgehead atoms. The first-order valence-corrected chi connectivity index (χ1v) is 43.5. The fourth-order valence-electron chi connectivity index (χ4n) is 21.3. The maximum absolute atomic E-state index is 7.15. The van der Waals surface area contributed by atoms with Crippen molar-refractivity contribution in [1.29, 1.82) is 0 Å². The Morgan fingerprint density at radius 2 is 0.635 bits per heavy atom. The van der Waals surface area contributed by atoms with Crippen LogP contribution in [0.4, 0.5) is 11.4 Å². The van der Waals surface area contributed by atoms with Crippen LogP contribution in [0.1, 0.15) is 12.0 Å². The molecule has 126 heavy (non-hydrogen) atoms. The lowest BCUT2D eigenvalue weighted by Crippen LogP contribution is -2.27. The Hall–Kier alpha value is -16.5. The van der Waals surface area contributed by atoms with Gasteiger partial charge in [0.2, 0.25) is 0 Å². The predicted octanol–water partition coefficient (Wildman–Crippen LogP) is 32.6. The molecule has 6 heterocycles. The highest BCUT2D eigenvalue weighted by atomic mass is 16.3. The van der Waals surface area contributed by atoms with Crippen LogP contribution < -0.4 is 4.90 Å². The quantitative estimate of drug-likeness (QED) is 0.116. The lowest BCUT2D eigenvalue weighted by Gasteiger charge is -2.29. The van der Waals surface area contributed by atoms with Gasteiger partial charge >= 0.3 is 0 Å². The Labute approximate surface area is 726 Å². The molecule has 26 rings (SSSR count). The van der Waals surface area contributed by atoms with Gasteiger partial charge in [0.05, 0.1) is 56.2 Å². The van der Waals surface area contributed by atoms with Crippen LogP contribution in [0.25, 0.3) is 232 Å². The van der Waals surface area contributed by atoms with E-state index >= 15 is 0 Å². The molecular formula is C120H76N4O2. The van der Waals surface area contributed by atoms with Gasteiger partial charge in [-0.15, -0.1) is 0 Å². The third-order valence-electron chi connectivity index (χ3n) is 26.8. The number of hydrogen-bond donors (Lipinski definition) is 0. The van der Waals surface area contributed by atoms with Gasteiger partial charge in [-0.25, -0.2) is 0 Å². The van der Waals surface area contributed by atoms with Gasteiger partial charge in [-0.2, -0.15) is 0 Å². The minimum atomic E-state index is 0.0506. The molecule has 19 aromatic carbocycles. The summed E-state index contributed by atoms with van der Waals surface area (Å²) in [6.45, 7) is 0. The van der Waals surface area contributed by atoms with Crippen molar-refractivity contribution in [2.45, 2.75) is 12.5 Å². The van der Waals surface area contributed by atoms with E-state index in [0.717, 1.165) is 145 Å². The molecule has 1 aliphatic heterocycles. The number of nitrogens with zero attached hydrogens (tertiary/aromatic N) is 4. The topological polar surface area (TPSA) is 44.3 Å². The first-order valence-electron chi connectivity index (χ1n) is 43.5. The lowest BCUT2D eigenvalue weighted by molar-refractivity contribution is 0.666. The molecule has 1 unspecified atom stereocenters. The second-order valence-corrected chi connectivity index (χ2v) is 33.5. The summed E-state index contributed by atoms with van der Waals surface area (Å²) in [5.74, 6) is 0. The van der Waals surface area contributed by atoms with E-state index in [1.165, 1.54) is 110 Å². The molecule has 6 nitrogen and oxygen atoms in total. The first-order chi connectivity index (χ1) is 62.5. The molecule has 0 radical (unpaired) electrons. The van der Waals surface area contributed by atoms with E-state index in [1.807, 2.05) is 0 Å². The van der Waals surface area contributed by atoms with Crippen molar-refractivity contribution >= 4 is 126 Å². The number of rotatable bonds is 13. The van der Waals surface area contributed by atoms with Crippen molar-refractivity contribution in [2.24, 2.45) is 0 Å². The zero-order valence-electron chi connectivity index (χ0n) is 68.5. The van der Waals surface area contributed by atoms with Gasteiger partial charge in [-0.3, -0.25) is 0 Å². The van der Waals surface area contributed by atoms with Crippen LogP contribution in [0.5, 0.6) is 0 Å². The molecule has 24 aromatic rings. The van der Waals surface area contributed by atoms with Crippen molar-refractivity contribution in [2.75, 3.05) is 4.90 Å². The summed E-state index contributed by atoms with van der Waals surface area (Å²) >= 11 is 0. The van der Waals surface area contributed by atoms with E-state index in [0.29, 0.717) is 0 Å². The van der Waals surface area contributed by atoms with Gasteiger partial charge in [0.1, 0.15) is 11.2 Å². The fraction of sp³-hybridized carbons (Fsp3) is 0.0167. The van der Waals surface area contributed by atoms with Crippen molar-refractivity contribution in [3.05, 3.63) is 448 Å². The highest BCUT2D eigenvalue weighted by Gasteiger charge is 2.39.